The molecular weight excluding hydrogens is 338 g/mol. The minimum absolute atomic E-state index is 0.0814. The number of hydrogen-bond donors (Lipinski definition) is 1. The van der Waals surface area contributed by atoms with Gasteiger partial charge in [-0.3, -0.25) is 9.69 Å². The van der Waals surface area contributed by atoms with Crippen LogP contribution in [0, 0.1) is 5.92 Å². The maximum absolute atomic E-state index is 11.2. The number of ether oxygens (including phenoxy) is 1. The summed E-state index contributed by atoms with van der Waals surface area (Å²) >= 11 is 6.05. The van der Waals surface area contributed by atoms with Gasteiger partial charge in [-0.05, 0) is 61.3 Å². The first kappa shape index (κ1) is 17.8. The van der Waals surface area contributed by atoms with Gasteiger partial charge in [0.1, 0.15) is 5.75 Å². The van der Waals surface area contributed by atoms with Gasteiger partial charge >= 0.3 is 5.97 Å². The molecule has 2 aromatic rings. The van der Waals surface area contributed by atoms with E-state index >= 15 is 0 Å². The summed E-state index contributed by atoms with van der Waals surface area (Å²) in [6, 6.07) is 16.0. The number of likely N-dealkylation sites (tertiary alicyclic amines) is 1. The minimum Gasteiger partial charge on any atom is -0.497 e. The molecule has 1 unspecified atom stereocenters. The van der Waals surface area contributed by atoms with Crippen LogP contribution in [-0.2, 0) is 4.79 Å². The molecule has 2 aromatic carbocycles. The van der Waals surface area contributed by atoms with E-state index in [1.165, 1.54) is 0 Å². The monoisotopic (exact) mass is 359 g/mol. The van der Waals surface area contributed by atoms with Gasteiger partial charge in [-0.25, -0.2) is 0 Å². The van der Waals surface area contributed by atoms with Crippen molar-refractivity contribution in [1.29, 1.82) is 0 Å². The Morgan fingerprint density at radius 1 is 1.08 bits per heavy atom. The molecule has 25 heavy (non-hydrogen) atoms. The molecule has 132 valence electrons. The number of carboxylic acid groups (broad SMARTS) is 1. The number of aliphatic carboxylic acids is 1. The first-order valence-electron chi connectivity index (χ1n) is 8.44. The van der Waals surface area contributed by atoms with Crippen molar-refractivity contribution < 1.29 is 14.6 Å². The number of hydrogen-bond acceptors (Lipinski definition) is 3. The van der Waals surface area contributed by atoms with E-state index in [0.29, 0.717) is 17.9 Å². The Labute approximate surface area is 153 Å². The Morgan fingerprint density at radius 2 is 1.60 bits per heavy atom. The number of halogens is 1. The van der Waals surface area contributed by atoms with Crippen molar-refractivity contribution >= 4 is 17.6 Å². The van der Waals surface area contributed by atoms with Crippen LogP contribution in [0.15, 0.2) is 48.5 Å². The fourth-order valence-corrected chi connectivity index (χ4v) is 3.58. The Hall–Kier alpha value is -2.04. The van der Waals surface area contributed by atoms with Crippen molar-refractivity contribution in [1.82, 2.24) is 4.90 Å². The molecule has 0 spiro atoms. The molecule has 0 bridgehead atoms. The second kappa shape index (κ2) is 7.89. The highest BCUT2D eigenvalue weighted by molar-refractivity contribution is 6.30. The summed E-state index contributed by atoms with van der Waals surface area (Å²) in [5.41, 5.74) is 2.32. The van der Waals surface area contributed by atoms with Crippen molar-refractivity contribution in [3.8, 4) is 5.75 Å². The van der Waals surface area contributed by atoms with Crippen molar-refractivity contribution in [2.75, 3.05) is 20.2 Å². The summed E-state index contributed by atoms with van der Waals surface area (Å²) in [7, 11) is 1.66. The van der Waals surface area contributed by atoms with Crippen LogP contribution >= 0.6 is 11.6 Å². The van der Waals surface area contributed by atoms with E-state index in [0.717, 1.165) is 30.0 Å². The van der Waals surface area contributed by atoms with Gasteiger partial charge in [0.2, 0.25) is 0 Å². The van der Waals surface area contributed by atoms with Crippen LogP contribution in [-0.4, -0.2) is 36.2 Å². The SMILES string of the molecule is COc1ccc(C(c2ccc(Cl)cc2)N2CCC(C(=O)O)CC2)cc1. The van der Waals surface area contributed by atoms with Crippen molar-refractivity contribution in [2.45, 2.75) is 18.9 Å². The third-order valence-electron chi connectivity index (χ3n) is 4.86. The number of carbonyl (C=O) groups is 1. The summed E-state index contributed by atoms with van der Waals surface area (Å²) in [6.45, 7) is 1.52. The van der Waals surface area contributed by atoms with Gasteiger partial charge in [0, 0.05) is 5.02 Å². The zero-order chi connectivity index (χ0) is 17.8. The molecule has 1 saturated heterocycles. The molecule has 1 aliphatic rings. The predicted molar refractivity (Wildman–Crippen MR) is 98.2 cm³/mol. The zero-order valence-corrected chi connectivity index (χ0v) is 14.9. The molecule has 0 aliphatic carbocycles. The molecule has 4 nitrogen and oxygen atoms in total. The third kappa shape index (κ3) is 4.14. The Bertz CT molecular complexity index is 707. The van der Waals surface area contributed by atoms with Gasteiger partial charge in [-0.15, -0.1) is 0 Å². The lowest BCUT2D eigenvalue weighted by Crippen LogP contribution is -2.39. The second-order valence-electron chi connectivity index (χ2n) is 6.38. The van der Waals surface area contributed by atoms with Crippen molar-refractivity contribution in [2.24, 2.45) is 5.92 Å². The minimum atomic E-state index is -0.688. The summed E-state index contributed by atoms with van der Waals surface area (Å²) in [5.74, 6) is -0.103. The lowest BCUT2D eigenvalue weighted by atomic mass is 9.91. The molecular formula is C20H22ClNO3. The Morgan fingerprint density at radius 3 is 2.08 bits per heavy atom. The fraction of sp³-hybridized carbons (Fsp3) is 0.350. The van der Waals surface area contributed by atoms with Crippen LogP contribution in [0.25, 0.3) is 0 Å². The summed E-state index contributed by atoms with van der Waals surface area (Å²) in [4.78, 5) is 13.6. The van der Waals surface area contributed by atoms with E-state index in [-0.39, 0.29) is 12.0 Å². The van der Waals surface area contributed by atoms with Crippen LogP contribution in [0.5, 0.6) is 5.75 Å². The van der Waals surface area contributed by atoms with Crippen molar-refractivity contribution in [3.05, 3.63) is 64.7 Å². The lowest BCUT2D eigenvalue weighted by Gasteiger charge is -2.37. The van der Waals surface area contributed by atoms with Crippen molar-refractivity contribution in [3.63, 3.8) is 0 Å². The number of rotatable bonds is 5. The predicted octanol–water partition coefficient (Wildman–Crippen LogP) is 4.23. The van der Waals surface area contributed by atoms with E-state index in [1.54, 1.807) is 7.11 Å². The van der Waals surface area contributed by atoms with Crippen LogP contribution in [0.1, 0.15) is 30.0 Å². The number of carboxylic acids is 1. The number of methoxy groups -OCH3 is 1. The van der Waals surface area contributed by atoms with Gasteiger partial charge in [0.25, 0.3) is 0 Å². The smallest absolute Gasteiger partial charge is 0.306 e. The average molecular weight is 360 g/mol. The molecule has 1 N–H and O–H groups in total. The first-order valence-corrected chi connectivity index (χ1v) is 8.82. The van der Waals surface area contributed by atoms with Crippen LogP contribution in [0.4, 0.5) is 0 Å². The zero-order valence-electron chi connectivity index (χ0n) is 14.2. The topological polar surface area (TPSA) is 49.8 Å². The molecule has 1 atom stereocenters. The quantitative estimate of drug-likeness (QED) is 0.867. The van der Waals surface area contributed by atoms with E-state index < -0.39 is 5.97 Å². The highest BCUT2D eigenvalue weighted by Crippen LogP contribution is 2.33. The maximum atomic E-state index is 11.2. The molecule has 1 aliphatic heterocycles. The van der Waals surface area contributed by atoms with Crippen LogP contribution in [0.3, 0.4) is 0 Å². The van der Waals surface area contributed by atoms with Gasteiger partial charge < -0.3 is 9.84 Å². The number of nitrogens with zero attached hydrogens (tertiary/aromatic N) is 1. The molecule has 5 heteroatoms. The van der Waals surface area contributed by atoms with Gasteiger partial charge in [0.05, 0.1) is 19.1 Å². The fourth-order valence-electron chi connectivity index (χ4n) is 3.45. The van der Waals surface area contributed by atoms with Crippen LogP contribution < -0.4 is 4.74 Å². The lowest BCUT2D eigenvalue weighted by molar-refractivity contribution is -0.143. The summed E-state index contributed by atoms with van der Waals surface area (Å²) in [6.07, 6.45) is 1.35. The molecule has 1 fully saturated rings. The largest absolute Gasteiger partial charge is 0.497 e. The molecule has 1 heterocycles. The average Bonchev–Trinajstić information content (AvgIpc) is 2.64. The highest BCUT2D eigenvalue weighted by atomic mass is 35.5. The molecule has 0 amide bonds. The van der Waals surface area contributed by atoms with E-state index in [4.69, 9.17) is 16.3 Å². The number of piperidine rings is 1. The summed E-state index contributed by atoms with van der Waals surface area (Å²) in [5, 5.41) is 9.95. The van der Waals surface area contributed by atoms with E-state index in [9.17, 15) is 9.90 Å². The van der Waals surface area contributed by atoms with Gasteiger partial charge in [-0.1, -0.05) is 35.9 Å². The first-order chi connectivity index (χ1) is 12.1. The van der Waals surface area contributed by atoms with Crippen LogP contribution in [0.2, 0.25) is 5.02 Å². The molecule has 0 aromatic heterocycles. The second-order valence-corrected chi connectivity index (χ2v) is 6.81. The van der Waals surface area contributed by atoms with E-state index in [2.05, 4.69) is 17.0 Å². The summed E-state index contributed by atoms with van der Waals surface area (Å²) < 4.78 is 5.26. The Balaban J connectivity index is 1.89. The normalized spacial score (nSPS) is 17.2. The van der Waals surface area contributed by atoms with Gasteiger partial charge in [0.15, 0.2) is 0 Å². The molecule has 0 saturated carbocycles. The van der Waals surface area contributed by atoms with Gasteiger partial charge in [-0.2, -0.15) is 0 Å². The molecule has 3 rings (SSSR count). The third-order valence-corrected chi connectivity index (χ3v) is 5.11. The highest BCUT2D eigenvalue weighted by Gasteiger charge is 2.30. The number of benzene rings is 2. The standard InChI is InChI=1S/C20H22ClNO3/c1-25-18-8-4-15(5-9-18)19(14-2-6-17(21)7-3-14)22-12-10-16(11-13-22)20(23)24/h2-9,16,19H,10-13H2,1H3,(H,23,24). The maximum Gasteiger partial charge on any atom is 0.306 e. The van der Waals surface area contributed by atoms with E-state index in [1.807, 2.05) is 36.4 Å². The molecule has 0 radical (unpaired) electrons. The Kier molecular flexibility index (Phi) is 5.61.